The highest BCUT2D eigenvalue weighted by molar-refractivity contribution is 8.00. The fourth-order valence-corrected chi connectivity index (χ4v) is 3.08. The lowest BCUT2D eigenvalue weighted by Crippen LogP contribution is -2.33. The topological polar surface area (TPSA) is 29.1 Å². The van der Waals surface area contributed by atoms with Gasteiger partial charge in [-0.05, 0) is 36.3 Å². The fourth-order valence-electron chi connectivity index (χ4n) is 1.85. The molecule has 1 atom stereocenters. The van der Waals surface area contributed by atoms with Gasteiger partial charge < -0.3 is 5.32 Å². The molecule has 1 saturated heterocycles. The average molecular weight is 253 g/mol. The zero-order chi connectivity index (χ0) is 12.1. The second-order valence-electron chi connectivity index (χ2n) is 4.20. The van der Waals surface area contributed by atoms with Crippen molar-refractivity contribution in [3.8, 4) is 0 Å². The summed E-state index contributed by atoms with van der Waals surface area (Å²) in [4.78, 5) is 11.8. The van der Waals surface area contributed by atoms with Gasteiger partial charge in [-0.1, -0.05) is 18.6 Å². The van der Waals surface area contributed by atoms with Crippen LogP contribution in [-0.4, -0.2) is 16.9 Å². The van der Waals surface area contributed by atoms with Gasteiger partial charge in [0.15, 0.2) is 0 Å². The highest BCUT2D eigenvalue weighted by Crippen LogP contribution is 2.25. The molecule has 0 radical (unpaired) electrons. The Morgan fingerprint density at radius 1 is 1.35 bits per heavy atom. The van der Waals surface area contributed by atoms with Gasteiger partial charge in [-0.15, -0.1) is 11.8 Å². The van der Waals surface area contributed by atoms with Crippen LogP contribution >= 0.6 is 11.8 Å². The maximum Gasteiger partial charge on any atom is 0.233 e. The van der Waals surface area contributed by atoms with Gasteiger partial charge in [-0.25, -0.2) is 4.39 Å². The predicted octanol–water partition coefficient (Wildman–Crippen LogP) is 2.73. The van der Waals surface area contributed by atoms with E-state index >= 15 is 0 Å². The van der Waals surface area contributed by atoms with Crippen molar-refractivity contribution in [3.63, 3.8) is 0 Å². The molecule has 2 nitrogen and oxygen atoms in total. The lowest BCUT2D eigenvalue weighted by atomic mass is 10.1. The van der Waals surface area contributed by atoms with Crippen molar-refractivity contribution in [3.05, 3.63) is 35.6 Å². The van der Waals surface area contributed by atoms with E-state index < -0.39 is 0 Å². The van der Waals surface area contributed by atoms with Gasteiger partial charge in [0, 0.05) is 6.54 Å². The number of amides is 1. The molecule has 92 valence electrons. The van der Waals surface area contributed by atoms with Crippen molar-refractivity contribution < 1.29 is 9.18 Å². The van der Waals surface area contributed by atoms with Crippen LogP contribution in [0.3, 0.4) is 0 Å². The molecule has 2 rings (SSSR count). The van der Waals surface area contributed by atoms with Gasteiger partial charge in [0.05, 0.1) is 5.25 Å². The molecule has 0 bridgehead atoms. The minimum absolute atomic E-state index is 0.101. The summed E-state index contributed by atoms with van der Waals surface area (Å²) < 4.78 is 12.7. The average Bonchev–Trinajstić information content (AvgIpc) is 2.39. The monoisotopic (exact) mass is 253 g/mol. The first-order valence-electron chi connectivity index (χ1n) is 5.89. The summed E-state index contributed by atoms with van der Waals surface area (Å²) in [7, 11) is 0. The Bertz CT molecular complexity index is 374. The quantitative estimate of drug-likeness (QED) is 0.897. The molecule has 1 aliphatic heterocycles. The summed E-state index contributed by atoms with van der Waals surface area (Å²) in [6.45, 7) is 0.482. The van der Waals surface area contributed by atoms with E-state index in [0.717, 1.165) is 24.2 Å². The molecule has 0 spiro atoms. The molecule has 0 saturated carbocycles. The standard InChI is InChI=1S/C13H16FNOS/c14-11-6-4-10(5-7-11)9-15-13(16)12-3-1-2-8-17-12/h4-7,12H,1-3,8-9H2,(H,15,16). The minimum Gasteiger partial charge on any atom is -0.351 e. The Labute approximate surface area is 105 Å². The third kappa shape index (κ3) is 3.73. The van der Waals surface area contributed by atoms with Crippen LogP contribution in [0.15, 0.2) is 24.3 Å². The Balaban J connectivity index is 1.81. The second kappa shape index (κ2) is 6.05. The molecular formula is C13H16FNOS. The van der Waals surface area contributed by atoms with Crippen LogP contribution in [0.1, 0.15) is 24.8 Å². The fraction of sp³-hybridized carbons (Fsp3) is 0.462. The van der Waals surface area contributed by atoms with Crippen LogP contribution in [0.5, 0.6) is 0 Å². The molecule has 0 aliphatic carbocycles. The maximum absolute atomic E-state index is 12.7. The first-order chi connectivity index (χ1) is 8.25. The molecule has 1 amide bonds. The summed E-state index contributed by atoms with van der Waals surface area (Å²) in [5.41, 5.74) is 0.931. The molecule has 4 heteroatoms. The smallest absolute Gasteiger partial charge is 0.233 e. The lowest BCUT2D eigenvalue weighted by Gasteiger charge is -2.20. The Morgan fingerprint density at radius 2 is 2.12 bits per heavy atom. The Kier molecular flexibility index (Phi) is 4.42. The van der Waals surface area contributed by atoms with Crippen molar-refractivity contribution in [1.29, 1.82) is 0 Å². The van der Waals surface area contributed by atoms with Crippen LogP contribution in [0.4, 0.5) is 4.39 Å². The van der Waals surface area contributed by atoms with E-state index in [1.807, 2.05) is 0 Å². The summed E-state index contributed by atoms with van der Waals surface area (Å²) in [5, 5.41) is 3.01. The molecule has 1 aliphatic rings. The Morgan fingerprint density at radius 3 is 2.76 bits per heavy atom. The van der Waals surface area contributed by atoms with E-state index in [2.05, 4.69) is 5.32 Å². The summed E-state index contributed by atoms with van der Waals surface area (Å²) in [5.74, 6) is 0.941. The van der Waals surface area contributed by atoms with Crippen LogP contribution in [0.2, 0.25) is 0 Å². The lowest BCUT2D eigenvalue weighted by molar-refractivity contribution is -0.120. The predicted molar refractivity (Wildman–Crippen MR) is 68.3 cm³/mol. The Hall–Kier alpha value is -1.03. The van der Waals surface area contributed by atoms with Gasteiger partial charge in [-0.2, -0.15) is 0 Å². The number of hydrogen-bond acceptors (Lipinski definition) is 2. The third-order valence-corrected chi connectivity index (χ3v) is 4.23. The molecule has 1 aromatic carbocycles. The van der Waals surface area contributed by atoms with Crippen LogP contribution in [0.25, 0.3) is 0 Å². The summed E-state index contributed by atoms with van der Waals surface area (Å²) in [6, 6.07) is 6.22. The molecule has 1 N–H and O–H groups in total. The van der Waals surface area contributed by atoms with E-state index in [-0.39, 0.29) is 17.0 Å². The molecular weight excluding hydrogens is 237 g/mol. The van der Waals surface area contributed by atoms with E-state index in [0.29, 0.717) is 6.54 Å². The maximum atomic E-state index is 12.7. The number of rotatable bonds is 3. The third-order valence-electron chi connectivity index (χ3n) is 2.85. The van der Waals surface area contributed by atoms with Crippen molar-refractivity contribution in [2.24, 2.45) is 0 Å². The number of benzene rings is 1. The van der Waals surface area contributed by atoms with Crippen molar-refractivity contribution >= 4 is 17.7 Å². The molecule has 1 heterocycles. The number of halogens is 1. The van der Waals surface area contributed by atoms with Crippen molar-refractivity contribution in [2.75, 3.05) is 5.75 Å². The number of nitrogens with one attached hydrogen (secondary N) is 1. The van der Waals surface area contributed by atoms with E-state index in [4.69, 9.17) is 0 Å². The van der Waals surface area contributed by atoms with Crippen LogP contribution in [-0.2, 0) is 11.3 Å². The van der Waals surface area contributed by atoms with Crippen LogP contribution in [0, 0.1) is 5.82 Å². The van der Waals surface area contributed by atoms with Gasteiger partial charge in [0.2, 0.25) is 5.91 Å². The minimum atomic E-state index is -0.247. The zero-order valence-electron chi connectivity index (χ0n) is 9.62. The van der Waals surface area contributed by atoms with Gasteiger partial charge in [0.25, 0.3) is 0 Å². The van der Waals surface area contributed by atoms with Gasteiger partial charge in [-0.3, -0.25) is 4.79 Å². The highest BCUT2D eigenvalue weighted by Gasteiger charge is 2.21. The number of carbonyl (C=O) groups excluding carboxylic acids is 1. The van der Waals surface area contributed by atoms with Crippen LogP contribution < -0.4 is 5.32 Å². The van der Waals surface area contributed by atoms with Gasteiger partial charge in [0.1, 0.15) is 5.82 Å². The molecule has 1 aromatic rings. The summed E-state index contributed by atoms with van der Waals surface area (Å²) in [6.07, 6.45) is 3.33. The zero-order valence-corrected chi connectivity index (χ0v) is 10.4. The molecule has 17 heavy (non-hydrogen) atoms. The first kappa shape index (κ1) is 12.4. The van der Waals surface area contributed by atoms with E-state index in [1.54, 1.807) is 23.9 Å². The largest absolute Gasteiger partial charge is 0.351 e. The molecule has 1 fully saturated rings. The highest BCUT2D eigenvalue weighted by atomic mass is 32.2. The number of hydrogen-bond donors (Lipinski definition) is 1. The van der Waals surface area contributed by atoms with E-state index in [9.17, 15) is 9.18 Å². The number of thioether (sulfide) groups is 1. The van der Waals surface area contributed by atoms with Gasteiger partial charge >= 0.3 is 0 Å². The number of carbonyl (C=O) groups is 1. The normalized spacial score (nSPS) is 19.9. The molecule has 0 aromatic heterocycles. The SMILES string of the molecule is O=C(NCc1ccc(F)cc1)C1CCCCS1. The first-order valence-corrected chi connectivity index (χ1v) is 6.94. The molecule has 1 unspecified atom stereocenters. The van der Waals surface area contributed by atoms with Crippen molar-refractivity contribution in [2.45, 2.75) is 31.1 Å². The van der Waals surface area contributed by atoms with Crippen molar-refractivity contribution in [1.82, 2.24) is 5.32 Å². The van der Waals surface area contributed by atoms with E-state index in [1.165, 1.54) is 18.6 Å². The second-order valence-corrected chi connectivity index (χ2v) is 5.51. The summed E-state index contributed by atoms with van der Waals surface area (Å²) >= 11 is 1.74.